The van der Waals surface area contributed by atoms with Crippen LogP contribution >= 0.6 is 11.1 Å². The zero-order valence-electron chi connectivity index (χ0n) is 8.85. The Hall–Kier alpha value is 0.104. The third-order valence-electron chi connectivity index (χ3n) is 0.445. The molecule has 0 amide bonds. The van der Waals surface area contributed by atoms with Crippen LogP contribution in [0.2, 0.25) is 39.3 Å². The van der Waals surface area contributed by atoms with Gasteiger partial charge < -0.3 is 5.53 Å². The topological polar surface area (TPSA) is 36.4 Å². The number of halogens is 1. The minimum atomic E-state index is -1.20. The summed E-state index contributed by atoms with van der Waals surface area (Å²) in [5.41, 5.74) is 8.01. The van der Waals surface area contributed by atoms with Gasteiger partial charge in [-0.05, 0) is 0 Å². The molecule has 5 heteroatoms. The van der Waals surface area contributed by atoms with E-state index < -0.39 is 15.5 Å². The summed E-state index contributed by atoms with van der Waals surface area (Å²) in [5, 5.41) is 0. The third kappa shape index (κ3) is 49.7. The molecule has 0 aromatic heterocycles. The molecule has 0 bridgehead atoms. The maximum atomic E-state index is 8.01. The van der Waals surface area contributed by atoms with Crippen LogP contribution in [0.3, 0.4) is 0 Å². The van der Waals surface area contributed by atoms with Gasteiger partial charge in [-0.25, -0.2) is 0 Å². The van der Waals surface area contributed by atoms with Gasteiger partial charge in [-0.2, -0.15) is 15.9 Å². The molecule has 0 aliphatic heterocycles. The van der Waals surface area contributed by atoms with Gasteiger partial charge in [-0.1, -0.05) is 39.3 Å². The molecule has 12 heavy (non-hydrogen) atoms. The molecule has 0 spiro atoms. The zero-order valence-corrected chi connectivity index (χ0v) is 11.6. The van der Waals surface area contributed by atoms with Crippen LogP contribution in [0.4, 0.5) is 0 Å². The second kappa shape index (κ2) is 5.70. The van der Waals surface area contributed by atoms with Gasteiger partial charge in [-0.15, -0.1) is 0 Å². The van der Waals surface area contributed by atoms with Crippen molar-refractivity contribution in [1.82, 2.24) is 0 Å². The lowest BCUT2D eigenvalue weighted by Crippen LogP contribution is -2.22. The van der Waals surface area contributed by atoms with Crippen LogP contribution < -0.4 is 0 Å². The lowest BCUT2D eigenvalue weighted by Gasteiger charge is -1.97. The highest BCUT2D eigenvalue weighted by Crippen LogP contribution is 2.03. The lowest BCUT2D eigenvalue weighted by molar-refractivity contribution is 0.00680. The third-order valence-corrected chi connectivity index (χ3v) is 1.34. The molecular formula is C7H19ClN2Si2. The quantitative estimate of drug-likeness (QED) is 0.215. The minimum absolute atomic E-state index is 1.14. The van der Waals surface area contributed by atoms with Gasteiger partial charge in [0.05, 0.1) is 0 Å². The number of hydrogen-bond donors (Lipinski definition) is 0. The van der Waals surface area contributed by atoms with E-state index >= 15 is 0 Å². The second-order valence-electron chi connectivity index (χ2n) is 4.68. The molecule has 0 aliphatic carbocycles. The average Bonchev–Trinajstić information content (AvgIpc) is 1.54. The van der Waals surface area contributed by atoms with Crippen molar-refractivity contribution in [3.8, 4) is 0 Å². The van der Waals surface area contributed by atoms with Gasteiger partial charge in [0.2, 0.25) is 5.84 Å². The van der Waals surface area contributed by atoms with Crippen molar-refractivity contribution in [3.63, 3.8) is 0 Å². The molecule has 0 radical (unpaired) electrons. The van der Waals surface area contributed by atoms with Crippen molar-refractivity contribution in [2.24, 2.45) is 0 Å². The van der Waals surface area contributed by atoms with Crippen LogP contribution in [-0.4, -0.2) is 26.1 Å². The fourth-order valence-electron chi connectivity index (χ4n) is 0.173. The Morgan fingerprint density at radius 3 is 1.33 bits per heavy atom. The van der Waals surface area contributed by atoms with Crippen molar-refractivity contribution in [1.29, 1.82) is 0 Å². The molecule has 0 saturated heterocycles. The molecule has 0 rings (SSSR count). The van der Waals surface area contributed by atoms with E-state index in [9.17, 15) is 0 Å². The highest BCUT2D eigenvalue weighted by atomic mass is 35.6. The van der Waals surface area contributed by atoms with Crippen molar-refractivity contribution in [2.75, 3.05) is 0 Å². The molecule has 0 aliphatic rings. The van der Waals surface area contributed by atoms with E-state index in [0.717, 1.165) is 0 Å². The Kier molecular flexibility index (Phi) is 6.94. The highest BCUT2D eigenvalue weighted by Gasteiger charge is 2.14. The normalized spacial score (nSPS) is 10.9. The van der Waals surface area contributed by atoms with Crippen LogP contribution in [0, 0.1) is 0 Å². The van der Waals surface area contributed by atoms with Crippen LogP contribution in [0.15, 0.2) is 0 Å². The molecule has 0 heterocycles. The van der Waals surface area contributed by atoms with Gasteiger partial charge in [0, 0.05) is 0 Å². The van der Waals surface area contributed by atoms with E-state index in [1.807, 2.05) is 0 Å². The molecule has 0 fully saturated rings. The summed E-state index contributed by atoms with van der Waals surface area (Å²) < 4.78 is 0. The van der Waals surface area contributed by atoms with Gasteiger partial charge in [0.15, 0.2) is 8.07 Å². The molecule has 0 aromatic carbocycles. The Morgan fingerprint density at radius 2 is 1.33 bits per heavy atom. The van der Waals surface area contributed by atoms with Gasteiger partial charge in [0.1, 0.15) is 7.38 Å². The number of hydrogen-bond acceptors (Lipinski definition) is 0. The SMILES string of the molecule is C[Si](C)(C)C=[N+]=[N-].C[Si](C)(C)Cl. The van der Waals surface area contributed by atoms with Gasteiger partial charge in [0.25, 0.3) is 0 Å². The number of nitrogens with zero attached hydrogens (tertiary/aromatic N) is 2. The summed E-state index contributed by atoms with van der Waals surface area (Å²) in [4.78, 5) is 2.94. The molecule has 0 atom stereocenters. The standard InChI is InChI=1S/C4H10N2Si.C3H9ClSi/c1-7(2,3)4-6-5;1-5(2,3)4/h4H,1-3H3;1-3H3. The van der Waals surface area contributed by atoms with Crippen molar-refractivity contribution < 1.29 is 4.79 Å². The first-order chi connectivity index (χ1) is 5.06. The average molecular weight is 223 g/mol. The first-order valence-electron chi connectivity index (χ1n) is 3.94. The van der Waals surface area contributed by atoms with E-state index in [4.69, 9.17) is 16.6 Å². The molecule has 0 unspecified atom stereocenters. The first-order valence-corrected chi connectivity index (χ1v) is 12.0. The largest absolute Gasteiger partial charge is 0.363 e. The molecule has 0 aromatic rings. The minimum Gasteiger partial charge on any atom is -0.363 e. The van der Waals surface area contributed by atoms with Crippen LogP contribution in [0.25, 0.3) is 5.53 Å². The number of rotatable bonds is 1. The Labute approximate surface area is 82.3 Å². The molecule has 0 saturated carbocycles. The monoisotopic (exact) mass is 222 g/mol. The van der Waals surface area contributed by atoms with E-state index in [1.165, 1.54) is 0 Å². The van der Waals surface area contributed by atoms with Crippen molar-refractivity contribution >= 4 is 32.4 Å². The van der Waals surface area contributed by atoms with E-state index in [0.29, 0.717) is 0 Å². The first kappa shape index (κ1) is 14.6. The van der Waals surface area contributed by atoms with Crippen molar-refractivity contribution in [3.05, 3.63) is 5.53 Å². The van der Waals surface area contributed by atoms with E-state index in [-0.39, 0.29) is 0 Å². The van der Waals surface area contributed by atoms with Crippen LogP contribution in [0.5, 0.6) is 0 Å². The summed E-state index contributed by atoms with van der Waals surface area (Å²) in [6.07, 6.45) is 0. The summed E-state index contributed by atoms with van der Waals surface area (Å²) in [7, 11) is -2.34. The molecule has 72 valence electrons. The molecule has 0 N–H and O–H groups in total. The summed E-state index contributed by atoms with van der Waals surface area (Å²) in [6, 6.07) is 0. The van der Waals surface area contributed by atoms with Gasteiger partial charge >= 0.3 is 0 Å². The maximum Gasteiger partial charge on any atom is 0.226 e. The zero-order chi connectivity index (χ0) is 10.4. The van der Waals surface area contributed by atoms with Crippen molar-refractivity contribution in [2.45, 2.75) is 39.3 Å². The predicted molar refractivity (Wildman–Crippen MR) is 62.2 cm³/mol. The van der Waals surface area contributed by atoms with Crippen LogP contribution in [-0.2, 0) is 0 Å². The Morgan fingerprint density at radius 1 is 1.08 bits per heavy atom. The van der Waals surface area contributed by atoms with Gasteiger partial charge in [-0.3, -0.25) is 0 Å². The summed E-state index contributed by atoms with van der Waals surface area (Å²) in [6.45, 7) is 12.6. The highest BCUT2D eigenvalue weighted by molar-refractivity contribution is 7.18. The Bertz CT molecular complexity index is 157. The summed E-state index contributed by atoms with van der Waals surface area (Å²) >= 11 is 5.67. The fraction of sp³-hybridized carbons (Fsp3) is 0.857. The Balaban J connectivity index is 0. The molecule has 2 nitrogen and oxygen atoms in total. The van der Waals surface area contributed by atoms with Crippen LogP contribution in [0.1, 0.15) is 0 Å². The molecular weight excluding hydrogens is 204 g/mol. The van der Waals surface area contributed by atoms with E-state index in [1.54, 1.807) is 5.84 Å². The van der Waals surface area contributed by atoms with E-state index in [2.05, 4.69) is 44.1 Å². The predicted octanol–water partition coefficient (Wildman–Crippen LogP) is 3.22. The smallest absolute Gasteiger partial charge is 0.226 e. The lowest BCUT2D eigenvalue weighted by atomic mass is 11.7. The fourth-order valence-corrected chi connectivity index (χ4v) is 0.520. The maximum absolute atomic E-state index is 8.01. The summed E-state index contributed by atoms with van der Waals surface area (Å²) in [5.74, 6) is 1.63. The second-order valence-corrected chi connectivity index (χ2v) is 17.2.